The summed E-state index contributed by atoms with van der Waals surface area (Å²) in [5.74, 6) is -1.17. The number of ether oxygens (including phenoxy) is 4. The monoisotopic (exact) mass is 445 g/mol. The Morgan fingerprint density at radius 1 is 1.31 bits per heavy atom. The molecule has 0 spiro atoms. The van der Waals surface area contributed by atoms with E-state index in [0.29, 0.717) is 13.2 Å². The molecule has 10 nitrogen and oxygen atoms in total. The summed E-state index contributed by atoms with van der Waals surface area (Å²) in [5, 5.41) is 23.1. The van der Waals surface area contributed by atoms with Gasteiger partial charge in [-0.3, -0.25) is 14.9 Å². The molecule has 0 aromatic heterocycles. The molecule has 1 heterocycles. The number of nitriles is 1. The first-order chi connectivity index (χ1) is 15.4. The number of halogens is 1. The summed E-state index contributed by atoms with van der Waals surface area (Å²) in [6.45, 7) is 2.61. The van der Waals surface area contributed by atoms with E-state index in [-0.39, 0.29) is 35.0 Å². The van der Waals surface area contributed by atoms with Crippen LogP contribution in [0.2, 0.25) is 0 Å². The van der Waals surface area contributed by atoms with Gasteiger partial charge in [0.2, 0.25) is 5.75 Å². The van der Waals surface area contributed by atoms with E-state index in [1.54, 1.807) is 0 Å². The van der Waals surface area contributed by atoms with Crippen molar-refractivity contribution in [1.82, 2.24) is 5.32 Å². The Kier molecular flexibility index (Phi) is 7.54. The van der Waals surface area contributed by atoms with Crippen LogP contribution in [0.3, 0.4) is 0 Å². The summed E-state index contributed by atoms with van der Waals surface area (Å²) >= 11 is 0. The van der Waals surface area contributed by atoms with Gasteiger partial charge >= 0.3 is 5.69 Å². The summed E-state index contributed by atoms with van der Waals surface area (Å²) in [5.41, 5.74) is -0.429. The molecule has 0 saturated carbocycles. The van der Waals surface area contributed by atoms with Crippen LogP contribution in [0, 0.1) is 27.3 Å². The number of rotatable bonds is 8. The lowest BCUT2D eigenvalue weighted by Crippen LogP contribution is -2.43. The van der Waals surface area contributed by atoms with Crippen molar-refractivity contribution in [3.8, 4) is 23.3 Å². The zero-order chi connectivity index (χ0) is 23.1. The lowest BCUT2D eigenvalue weighted by atomic mass is 10.2. The van der Waals surface area contributed by atoms with Gasteiger partial charge in [0.1, 0.15) is 23.4 Å². The number of nitrogens with one attached hydrogen (secondary N) is 1. The minimum atomic E-state index is -1.08. The van der Waals surface area contributed by atoms with Gasteiger partial charge in [0.05, 0.1) is 30.2 Å². The molecule has 2 aromatic carbocycles. The van der Waals surface area contributed by atoms with Gasteiger partial charge in [0.15, 0.2) is 12.4 Å². The van der Waals surface area contributed by atoms with Crippen molar-refractivity contribution >= 4 is 11.6 Å². The van der Waals surface area contributed by atoms with Crippen molar-refractivity contribution in [3.05, 3.63) is 57.9 Å². The molecule has 0 bridgehead atoms. The lowest BCUT2D eigenvalue weighted by Gasteiger charge is -2.24. The van der Waals surface area contributed by atoms with E-state index in [4.69, 9.17) is 24.2 Å². The first-order valence-corrected chi connectivity index (χ1v) is 9.71. The third-order valence-electron chi connectivity index (χ3n) is 4.43. The Morgan fingerprint density at radius 3 is 2.75 bits per heavy atom. The highest BCUT2D eigenvalue weighted by Crippen LogP contribution is 2.35. The molecule has 3 rings (SSSR count). The first kappa shape index (κ1) is 22.9. The van der Waals surface area contributed by atoms with Gasteiger partial charge in [-0.15, -0.1) is 0 Å². The van der Waals surface area contributed by atoms with Gasteiger partial charge in [-0.25, -0.2) is 4.39 Å². The highest BCUT2D eigenvalue weighted by Gasteiger charge is 2.24. The smallest absolute Gasteiger partial charge is 0.311 e. The number of nitro groups is 1. The molecule has 1 amide bonds. The number of nitrogens with zero attached hydrogens (tertiary/aromatic N) is 2. The highest BCUT2D eigenvalue weighted by atomic mass is 19.1. The first-order valence-electron chi connectivity index (χ1n) is 9.71. The molecular weight excluding hydrogens is 425 g/mol. The predicted octanol–water partition coefficient (Wildman–Crippen LogP) is 3.04. The fourth-order valence-electron chi connectivity index (χ4n) is 2.83. The minimum Gasteiger partial charge on any atom is -0.474 e. The van der Waals surface area contributed by atoms with Crippen LogP contribution in [-0.2, 0) is 14.3 Å². The van der Waals surface area contributed by atoms with Crippen molar-refractivity contribution in [2.45, 2.75) is 25.7 Å². The largest absolute Gasteiger partial charge is 0.474 e. The van der Waals surface area contributed by atoms with Crippen molar-refractivity contribution in [2.24, 2.45) is 0 Å². The SMILES string of the molecule is CC(Oc1cc(Oc2ccc(F)cc2C#N)ccc1[N+](=O)[O-])C(=O)NCC1OCCCO1. The summed E-state index contributed by atoms with van der Waals surface area (Å²) in [6.07, 6.45) is -0.858. The fraction of sp³-hybridized carbons (Fsp3) is 0.333. The molecule has 168 valence electrons. The van der Waals surface area contributed by atoms with Crippen LogP contribution >= 0.6 is 0 Å². The lowest BCUT2D eigenvalue weighted by molar-refractivity contribution is -0.386. The van der Waals surface area contributed by atoms with E-state index in [2.05, 4.69) is 5.32 Å². The van der Waals surface area contributed by atoms with Crippen LogP contribution in [0.4, 0.5) is 10.1 Å². The third-order valence-corrected chi connectivity index (χ3v) is 4.43. The fourth-order valence-corrected chi connectivity index (χ4v) is 2.83. The van der Waals surface area contributed by atoms with Crippen LogP contribution in [0.25, 0.3) is 0 Å². The Morgan fingerprint density at radius 2 is 2.06 bits per heavy atom. The van der Waals surface area contributed by atoms with Gasteiger partial charge in [0, 0.05) is 12.1 Å². The van der Waals surface area contributed by atoms with E-state index in [9.17, 15) is 19.3 Å². The van der Waals surface area contributed by atoms with Gasteiger partial charge < -0.3 is 24.3 Å². The zero-order valence-corrected chi connectivity index (χ0v) is 17.1. The number of nitro benzene ring substituents is 1. The second kappa shape index (κ2) is 10.5. The van der Waals surface area contributed by atoms with Crippen LogP contribution < -0.4 is 14.8 Å². The normalized spacial score (nSPS) is 14.8. The second-order valence-corrected chi connectivity index (χ2v) is 6.77. The predicted molar refractivity (Wildman–Crippen MR) is 108 cm³/mol. The summed E-state index contributed by atoms with van der Waals surface area (Å²) in [4.78, 5) is 23.1. The Balaban J connectivity index is 1.72. The number of carbonyl (C=O) groups is 1. The zero-order valence-electron chi connectivity index (χ0n) is 17.1. The molecule has 1 saturated heterocycles. The summed E-state index contributed by atoms with van der Waals surface area (Å²) in [7, 11) is 0. The maximum Gasteiger partial charge on any atom is 0.311 e. The van der Waals surface area contributed by atoms with E-state index >= 15 is 0 Å². The second-order valence-electron chi connectivity index (χ2n) is 6.77. The van der Waals surface area contributed by atoms with Gasteiger partial charge in [0.25, 0.3) is 5.91 Å². The van der Waals surface area contributed by atoms with E-state index in [1.165, 1.54) is 25.1 Å². The maximum atomic E-state index is 13.3. The molecule has 1 fully saturated rings. The molecule has 2 aromatic rings. The summed E-state index contributed by atoms with van der Waals surface area (Å²) in [6, 6.07) is 8.87. The molecule has 1 atom stereocenters. The van der Waals surface area contributed by atoms with Crippen LogP contribution in [-0.4, -0.2) is 43.0 Å². The van der Waals surface area contributed by atoms with Gasteiger partial charge in [-0.1, -0.05) is 0 Å². The molecule has 1 unspecified atom stereocenters. The summed E-state index contributed by atoms with van der Waals surface area (Å²) < 4.78 is 35.1. The Hall–Kier alpha value is -3.75. The Labute approximate surface area is 182 Å². The van der Waals surface area contributed by atoms with Gasteiger partial charge in [-0.05, 0) is 37.6 Å². The van der Waals surface area contributed by atoms with Crippen molar-refractivity contribution < 1.29 is 33.1 Å². The number of amides is 1. The van der Waals surface area contributed by atoms with Crippen LogP contribution in [0.1, 0.15) is 18.9 Å². The highest BCUT2D eigenvalue weighted by molar-refractivity contribution is 5.80. The van der Waals surface area contributed by atoms with Crippen molar-refractivity contribution in [3.63, 3.8) is 0 Å². The maximum absolute atomic E-state index is 13.3. The molecule has 0 radical (unpaired) electrons. The molecule has 11 heteroatoms. The minimum absolute atomic E-state index is 0.0503. The average molecular weight is 445 g/mol. The molecule has 0 aliphatic carbocycles. The number of carbonyl (C=O) groups excluding carboxylic acids is 1. The standard InChI is InChI=1S/C21H20FN3O7/c1-13(21(26)24-12-20-29-7-2-8-30-20)31-19-10-16(4-5-17(19)25(27)28)32-18-6-3-15(22)9-14(18)11-23/h3-6,9-10,13,20H,2,7-8,12H2,1H3,(H,24,26). The van der Waals surface area contributed by atoms with E-state index < -0.39 is 29.0 Å². The van der Waals surface area contributed by atoms with Crippen molar-refractivity contribution in [1.29, 1.82) is 5.26 Å². The van der Waals surface area contributed by atoms with Crippen LogP contribution in [0.15, 0.2) is 36.4 Å². The molecule has 1 N–H and O–H groups in total. The number of hydrogen-bond acceptors (Lipinski definition) is 8. The molecule has 1 aliphatic heterocycles. The van der Waals surface area contributed by atoms with E-state index in [1.807, 2.05) is 6.07 Å². The Bertz CT molecular complexity index is 1030. The van der Waals surface area contributed by atoms with E-state index in [0.717, 1.165) is 24.6 Å². The average Bonchev–Trinajstić information content (AvgIpc) is 2.79. The quantitative estimate of drug-likeness (QED) is 0.484. The van der Waals surface area contributed by atoms with Crippen molar-refractivity contribution in [2.75, 3.05) is 19.8 Å². The van der Waals surface area contributed by atoms with Crippen LogP contribution in [0.5, 0.6) is 17.2 Å². The third kappa shape index (κ3) is 5.90. The van der Waals surface area contributed by atoms with Gasteiger partial charge in [-0.2, -0.15) is 5.26 Å². The molecule has 32 heavy (non-hydrogen) atoms. The molecule has 1 aliphatic rings. The number of benzene rings is 2. The molecular formula is C21H20FN3O7. The number of hydrogen-bond donors (Lipinski definition) is 1. The topological polar surface area (TPSA) is 133 Å².